The van der Waals surface area contributed by atoms with E-state index < -0.39 is 271 Å². The number of carbonyl (C=O) groups excluding carboxylic acids is 8. The minimum atomic E-state index is -2.45. The molecule has 0 aromatic heterocycles. The van der Waals surface area contributed by atoms with Gasteiger partial charge in [-0.05, 0) is 147 Å². The summed E-state index contributed by atoms with van der Waals surface area (Å²) in [5.74, 6) is -18.0. The fraction of sp³-hybridized carbons (Fsp3) is 0.427. The number of benzene rings is 7. The van der Waals surface area contributed by atoms with Crippen LogP contribution in [0, 0.1) is 0 Å². The van der Waals surface area contributed by atoms with Crippen LogP contribution in [-0.4, -0.2) is 234 Å². The van der Waals surface area contributed by atoms with E-state index in [0.29, 0.717) is 24.9 Å². The van der Waals surface area contributed by atoms with E-state index in [4.69, 9.17) is 56.4 Å². The summed E-state index contributed by atoms with van der Waals surface area (Å²) in [7, 11) is 4.96. The Hall–Kier alpha value is -11.9. The Morgan fingerprint density at radius 2 is 1.18 bits per heavy atom. The van der Waals surface area contributed by atoms with Crippen molar-refractivity contribution in [2.45, 2.75) is 200 Å². The zero-order valence-electron chi connectivity index (χ0n) is 70.3. The molecule has 7 aromatic carbocycles. The highest BCUT2D eigenvalue weighted by molar-refractivity contribution is 6.33. The lowest BCUT2D eigenvalue weighted by molar-refractivity contribution is -0.277. The molecule has 0 spiro atoms. The number of amides is 8. The zero-order chi connectivity index (χ0) is 92.5. The molecular weight excluding hydrogens is 1730 g/mol. The zero-order valence-corrected chi connectivity index (χ0v) is 71.8. The number of aliphatic hydroxyl groups excluding tert-OH is 7. The molecule has 38 nitrogen and oxygen atoms in total. The Morgan fingerprint density at radius 1 is 0.543 bits per heavy atom. The maximum Gasteiger partial charge on any atom is 0.335 e. The molecule has 21 N–H and O–H groups in total. The molecule has 40 heteroatoms. The van der Waals surface area contributed by atoms with Crippen LogP contribution in [-0.2, 0) is 59.0 Å². The van der Waals surface area contributed by atoms with Gasteiger partial charge in [0, 0.05) is 48.2 Å². The normalized spacial score (nSPS) is 25.7. The van der Waals surface area contributed by atoms with Crippen molar-refractivity contribution in [2.24, 2.45) is 0 Å². The summed E-state index contributed by atoms with van der Waals surface area (Å²) in [6, 6.07) is 5.71. The number of unbranched alkanes of at least 4 members (excludes halogenated alkanes) is 9. The van der Waals surface area contributed by atoms with Crippen LogP contribution in [0.1, 0.15) is 159 Å². The summed E-state index contributed by atoms with van der Waals surface area (Å²) in [6.07, 6.45) is -12.3. The number of aliphatic hydroxyl groups is 7. The maximum atomic E-state index is 16.8. The van der Waals surface area contributed by atoms with Gasteiger partial charge in [-0.2, -0.15) is 0 Å². The summed E-state index contributed by atoms with van der Waals surface area (Å²) in [6.45, 7) is 1.48. The second-order valence-corrected chi connectivity index (χ2v) is 33.4. The van der Waals surface area contributed by atoms with Gasteiger partial charge in [0.05, 0.1) is 16.7 Å². The standard InChI is InChI=1S/C89H102Cl2N10O28/c1-5-6-7-8-9-10-11-12-13-14-16-62(107)95-71-74(110)76(112)79(87(121)122)129-88(71)128-78-59-33-44-34-60(78)125-56-26-21-43(31-51(56)90)72(108)70-86(120)99-68(81(115)93-27-15-28-101(3)4)49-35-45(103)36-58(126-89-77(113)75(111)73(109)61(39-102)127-89)63(49)48-30-41(19-24-53(48)104)66(83(117)100-70)96-84(118)67(44)97-85(119)69-50-37-47(38-55(106)64(50)91)124-57-32-42(20-25-54(57)105)65(92-2)82(116)94-52(80(114)98-69)29-40-17-22-46(123-59)23-18-40/h17-26,30-38,52,61,65-77,79,88-89,92,102-106,108-113H,5-16,27-29,39H2,1-4H3,(H,93,115)(H,94,116)(H,95,107)(H,96,118)(H,97,119)(H,98,114)(H,99,120)(H,100,117)(H,121,122)/t52-,61-,65-,66-,67-,68+,69+,70+,71-,72-,73-,74-,75+,76+,77+,79+,88-,89+/m1/s1. The van der Waals surface area contributed by atoms with Crippen molar-refractivity contribution >= 4 is 76.4 Å². The van der Waals surface area contributed by atoms with E-state index >= 15 is 28.8 Å². The maximum absolute atomic E-state index is 16.8. The lowest BCUT2D eigenvalue weighted by Crippen LogP contribution is -2.66. The number of carbonyl (C=O) groups is 9. The lowest BCUT2D eigenvalue weighted by Gasteiger charge is -2.41. The van der Waals surface area contributed by atoms with Crippen molar-refractivity contribution in [3.63, 3.8) is 0 Å². The van der Waals surface area contributed by atoms with Crippen molar-refractivity contribution in [1.29, 1.82) is 0 Å². The van der Waals surface area contributed by atoms with E-state index in [1.54, 1.807) is 19.0 Å². The molecular formula is C89H102Cl2N10O28. The molecule has 15 rings (SSSR count). The van der Waals surface area contributed by atoms with Gasteiger partial charge in [-0.1, -0.05) is 118 Å². The van der Waals surface area contributed by atoms with Gasteiger partial charge >= 0.3 is 5.97 Å². The number of nitrogens with zero attached hydrogens (tertiary/aromatic N) is 1. The Morgan fingerprint density at radius 3 is 1.86 bits per heavy atom. The molecule has 690 valence electrons. The first-order valence-electron chi connectivity index (χ1n) is 42.1. The largest absolute Gasteiger partial charge is 0.508 e. The topological polar surface area (TPSA) is 573 Å². The number of phenols is 4. The lowest BCUT2D eigenvalue weighted by atomic mass is 9.89. The van der Waals surface area contributed by atoms with Gasteiger partial charge in [-0.25, -0.2) is 4.79 Å². The molecule has 2 saturated heterocycles. The first-order chi connectivity index (χ1) is 61.7. The first-order valence-corrected chi connectivity index (χ1v) is 42.9. The number of aliphatic carboxylic acids is 1. The molecule has 8 aliphatic heterocycles. The highest BCUT2D eigenvalue weighted by Gasteiger charge is 2.52. The van der Waals surface area contributed by atoms with E-state index in [1.165, 1.54) is 49.5 Å². The van der Waals surface area contributed by atoms with Crippen molar-refractivity contribution in [3.05, 3.63) is 164 Å². The second-order valence-electron chi connectivity index (χ2n) is 32.6. The van der Waals surface area contributed by atoms with E-state index in [2.05, 4.69) is 54.8 Å². The molecule has 0 aliphatic carbocycles. The molecule has 8 aliphatic rings. The van der Waals surface area contributed by atoms with Crippen molar-refractivity contribution < 1.29 is 138 Å². The van der Waals surface area contributed by atoms with Crippen LogP contribution < -0.4 is 71.5 Å². The highest BCUT2D eigenvalue weighted by Crippen LogP contribution is 2.51. The molecule has 8 heterocycles. The third kappa shape index (κ3) is 21.7. The van der Waals surface area contributed by atoms with Crippen LogP contribution in [0.3, 0.4) is 0 Å². The van der Waals surface area contributed by atoms with Gasteiger partial charge in [0.15, 0.2) is 29.1 Å². The molecule has 0 radical (unpaired) electrons. The Labute approximate surface area is 748 Å². The number of nitrogens with one attached hydrogen (secondary N) is 9. The van der Waals surface area contributed by atoms with Gasteiger partial charge in [-0.3, -0.25) is 38.4 Å². The van der Waals surface area contributed by atoms with Gasteiger partial charge < -0.3 is 147 Å². The molecule has 8 amide bonds. The minimum Gasteiger partial charge on any atom is -0.508 e. The average molecular weight is 1830 g/mol. The molecule has 17 bridgehead atoms. The number of carboxylic acids is 1. The van der Waals surface area contributed by atoms with Crippen LogP contribution in [0.25, 0.3) is 11.1 Å². The number of fused-ring (bicyclic) bond motifs is 14. The number of hydrogen-bond donors (Lipinski definition) is 21. The Balaban J connectivity index is 1.03. The fourth-order valence-corrected chi connectivity index (χ4v) is 16.6. The van der Waals surface area contributed by atoms with E-state index in [0.717, 1.165) is 124 Å². The van der Waals surface area contributed by atoms with E-state index in [9.17, 15) is 75.7 Å². The predicted molar refractivity (Wildman–Crippen MR) is 457 cm³/mol. The molecule has 2 fully saturated rings. The Kier molecular flexibility index (Phi) is 30.6. The first kappa shape index (κ1) is 94.7. The predicted octanol–water partition coefficient (Wildman–Crippen LogP) is 4.70. The summed E-state index contributed by atoms with van der Waals surface area (Å²) >= 11 is 14.3. The number of hydrogen-bond acceptors (Lipinski definition) is 29. The molecule has 0 saturated carbocycles. The van der Waals surface area contributed by atoms with Crippen LogP contribution in [0.2, 0.25) is 10.0 Å². The van der Waals surface area contributed by atoms with Crippen molar-refractivity contribution in [1.82, 2.24) is 52.8 Å². The van der Waals surface area contributed by atoms with Gasteiger partial charge in [-0.15, -0.1) is 0 Å². The fourth-order valence-electron chi connectivity index (χ4n) is 16.1. The average Bonchev–Trinajstić information content (AvgIpc) is 0.754. The molecule has 18 atom stereocenters. The number of rotatable bonds is 24. The smallest absolute Gasteiger partial charge is 0.335 e. The van der Waals surface area contributed by atoms with Crippen LogP contribution in [0.15, 0.2) is 115 Å². The summed E-state index contributed by atoms with van der Waals surface area (Å²) in [4.78, 5) is 140. The quantitative estimate of drug-likeness (QED) is 0.0364. The number of aromatic hydroxyl groups is 4. The van der Waals surface area contributed by atoms with Crippen molar-refractivity contribution in [2.75, 3.05) is 40.8 Å². The van der Waals surface area contributed by atoms with Crippen LogP contribution in [0.4, 0.5) is 0 Å². The van der Waals surface area contributed by atoms with E-state index in [1.807, 2.05) is 0 Å². The van der Waals surface area contributed by atoms with Gasteiger partial charge in [0.25, 0.3) is 0 Å². The summed E-state index contributed by atoms with van der Waals surface area (Å²) in [5, 5.41) is 161. The number of likely N-dealkylation sites (N-methyl/N-ethyl adjacent to an activating group) is 1. The van der Waals surface area contributed by atoms with Gasteiger partial charge in [0.2, 0.25) is 65.6 Å². The van der Waals surface area contributed by atoms with E-state index in [-0.39, 0.29) is 47.8 Å². The summed E-state index contributed by atoms with van der Waals surface area (Å²) in [5.41, 5.74) is -2.67. The number of carboxylic acid groups (broad SMARTS) is 1. The molecule has 0 unspecified atom stereocenters. The Bertz CT molecular complexity index is 5340. The van der Waals surface area contributed by atoms with Gasteiger partial charge in [0.1, 0.15) is 131 Å². The monoisotopic (exact) mass is 1830 g/mol. The highest BCUT2D eigenvalue weighted by atomic mass is 35.5. The SMILES string of the molecule is CCCCCCCCCCCCC(=O)N[C@H]1[C@H](Oc2c3cc4cc2Oc2ccc(cc2Cl)[C@@H](O)[C@@H]2NC(=O)[C@H](NC(=O)[C@@H]4NC(=O)[C@H]4NC(=O)[C@@H](Cc5ccc(cc5)O3)NC(=O)[C@H](NC)c3ccc(O)c(c3)Oc3cc(O)c(Cl)c4c3)c3ccc(O)c(c3)-c3c(O[C@H]4O[C@H](CO)[C@@H](O)[C@H](O)[C@@H]4O)cc(O)cc3[C@@H](C(=O)NCCCN(C)C)NC2=O)O[C@H](C(=O)O)[C@@H](O)[C@@H]1O. The third-order valence-corrected chi connectivity index (χ3v) is 23.8. The van der Waals surface area contributed by atoms with Crippen molar-refractivity contribution in [3.8, 4) is 80.1 Å². The minimum absolute atomic E-state index is 0.0939. The summed E-state index contributed by atoms with van der Waals surface area (Å²) < 4.78 is 44.5. The number of halogens is 2. The van der Waals surface area contributed by atoms with Crippen LogP contribution >= 0.6 is 23.2 Å². The number of ether oxygens (including phenoxy) is 7. The molecule has 7 aromatic rings. The molecule has 129 heavy (non-hydrogen) atoms. The third-order valence-electron chi connectivity index (χ3n) is 23.1. The number of phenolic OH excluding ortho intramolecular Hbond substituents is 4. The second kappa shape index (κ2) is 41.7. The van der Waals surface area contributed by atoms with Crippen LogP contribution in [0.5, 0.6) is 69.0 Å².